The maximum Gasteiger partial charge on any atom is 0.219 e. The van der Waals surface area contributed by atoms with Crippen molar-refractivity contribution in [2.45, 2.75) is 45.2 Å². The summed E-state index contributed by atoms with van der Waals surface area (Å²) in [5, 5.41) is 0. The van der Waals surface area contributed by atoms with Gasteiger partial charge in [0, 0.05) is 69.4 Å². The Morgan fingerprint density at radius 3 is 3.04 bits per heavy atom. The summed E-state index contributed by atoms with van der Waals surface area (Å²) >= 11 is 0. The third-order valence-electron chi connectivity index (χ3n) is 5.80. The predicted octanol–water partition coefficient (Wildman–Crippen LogP) is 2.77. The van der Waals surface area contributed by atoms with E-state index in [-0.39, 0.29) is 11.8 Å². The minimum Gasteiger partial charge on any atom is -0.497 e. The molecule has 1 atom stereocenters. The number of aromatic nitrogens is 2. The largest absolute Gasteiger partial charge is 0.497 e. The lowest BCUT2D eigenvalue weighted by molar-refractivity contribution is -0.130. The second-order valence-electron chi connectivity index (χ2n) is 7.82. The first kappa shape index (κ1) is 18.9. The molecule has 2 aliphatic heterocycles. The van der Waals surface area contributed by atoms with Crippen molar-refractivity contribution >= 4 is 5.91 Å². The van der Waals surface area contributed by atoms with Gasteiger partial charge in [0.15, 0.2) is 0 Å². The average Bonchev–Trinajstić information content (AvgIpc) is 2.73. The number of hydrogen-bond acceptors (Lipinski definition) is 5. The average molecular weight is 380 g/mol. The van der Waals surface area contributed by atoms with Gasteiger partial charge < -0.3 is 9.64 Å². The fourth-order valence-electron chi connectivity index (χ4n) is 4.22. The summed E-state index contributed by atoms with van der Waals surface area (Å²) in [6.45, 7) is 6.01. The van der Waals surface area contributed by atoms with Crippen LogP contribution in [-0.2, 0) is 24.3 Å². The molecule has 0 aliphatic carbocycles. The van der Waals surface area contributed by atoms with Gasteiger partial charge in [0.05, 0.1) is 7.11 Å². The van der Waals surface area contributed by atoms with E-state index in [1.165, 1.54) is 16.8 Å². The molecule has 6 nitrogen and oxygen atoms in total. The molecular formula is C22H28N4O2. The van der Waals surface area contributed by atoms with Crippen LogP contribution in [0.2, 0.25) is 0 Å². The Kier molecular flexibility index (Phi) is 5.57. The monoisotopic (exact) mass is 380 g/mol. The number of carbonyl (C=O) groups excluding carboxylic acids is 1. The first-order chi connectivity index (χ1) is 13.6. The van der Waals surface area contributed by atoms with Gasteiger partial charge in [-0.2, -0.15) is 0 Å². The van der Waals surface area contributed by atoms with Crippen molar-refractivity contribution in [1.82, 2.24) is 19.8 Å². The fourth-order valence-corrected chi connectivity index (χ4v) is 4.22. The molecule has 4 rings (SSSR count). The molecule has 1 saturated heterocycles. The van der Waals surface area contributed by atoms with Crippen molar-refractivity contribution in [3.8, 4) is 5.75 Å². The predicted molar refractivity (Wildman–Crippen MR) is 107 cm³/mol. The van der Waals surface area contributed by atoms with Gasteiger partial charge >= 0.3 is 0 Å². The van der Waals surface area contributed by atoms with E-state index >= 15 is 0 Å². The minimum atomic E-state index is 0.149. The van der Waals surface area contributed by atoms with Crippen LogP contribution in [0.3, 0.4) is 0 Å². The lowest BCUT2D eigenvalue weighted by Gasteiger charge is -2.32. The second kappa shape index (κ2) is 8.27. The van der Waals surface area contributed by atoms with E-state index in [2.05, 4.69) is 22.0 Å². The van der Waals surface area contributed by atoms with E-state index in [0.29, 0.717) is 0 Å². The van der Waals surface area contributed by atoms with Crippen LogP contribution in [0.1, 0.15) is 48.3 Å². The second-order valence-corrected chi connectivity index (χ2v) is 7.82. The first-order valence-electron chi connectivity index (χ1n) is 10.1. The highest BCUT2D eigenvalue weighted by molar-refractivity contribution is 5.73. The summed E-state index contributed by atoms with van der Waals surface area (Å²) in [5.74, 6) is 2.22. The summed E-state index contributed by atoms with van der Waals surface area (Å²) in [6, 6.07) is 8.25. The SMILES string of the molecule is COc1cccc(CN2CCc3nc([C@H]4CCCN(C(C)=O)C4)ncc3C2)c1. The van der Waals surface area contributed by atoms with Crippen LogP contribution in [0.5, 0.6) is 5.75 Å². The lowest BCUT2D eigenvalue weighted by atomic mass is 9.96. The molecule has 6 heteroatoms. The van der Waals surface area contributed by atoms with Crippen LogP contribution in [0.4, 0.5) is 0 Å². The van der Waals surface area contributed by atoms with Gasteiger partial charge in [-0.1, -0.05) is 12.1 Å². The molecule has 0 unspecified atom stereocenters. The zero-order chi connectivity index (χ0) is 19.5. The fraction of sp³-hybridized carbons (Fsp3) is 0.500. The minimum absolute atomic E-state index is 0.149. The summed E-state index contributed by atoms with van der Waals surface area (Å²) < 4.78 is 5.33. The van der Waals surface area contributed by atoms with Crippen molar-refractivity contribution in [1.29, 1.82) is 0 Å². The number of piperidine rings is 1. The van der Waals surface area contributed by atoms with Gasteiger partial charge in [-0.25, -0.2) is 9.97 Å². The molecule has 0 bridgehead atoms. The molecule has 2 aliphatic rings. The molecular weight excluding hydrogens is 352 g/mol. The number of fused-ring (bicyclic) bond motifs is 1. The van der Waals surface area contributed by atoms with Crippen LogP contribution >= 0.6 is 0 Å². The Bertz CT molecular complexity index is 854. The maximum atomic E-state index is 11.7. The van der Waals surface area contributed by atoms with E-state index in [0.717, 1.165) is 63.6 Å². The van der Waals surface area contributed by atoms with Crippen LogP contribution in [0.15, 0.2) is 30.5 Å². The number of methoxy groups -OCH3 is 1. The van der Waals surface area contributed by atoms with Gasteiger partial charge in [0.2, 0.25) is 5.91 Å². The number of ether oxygens (including phenoxy) is 1. The number of likely N-dealkylation sites (tertiary alicyclic amines) is 1. The lowest BCUT2D eigenvalue weighted by Crippen LogP contribution is -2.38. The smallest absolute Gasteiger partial charge is 0.219 e. The molecule has 1 amide bonds. The molecule has 0 saturated carbocycles. The van der Waals surface area contributed by atoms with Crippen LogP contribution < -0.4 is 4.74 Å². The Balaban J connectivity index is 1.43. The zero-order valence-corrected chi connectivity index (χ0v) is 16.7. The van der Waals surface area contributed by atoms with Crippen molar-refractivity contribution in [3.05, 3.63) is 53.1 Å². The number of hydrogen-bond donors (Lipinski definition) is 0. The highest BCUT2D eigenvalue weighted by Gasteiger charge is 2.26. The highest BCUT2D eigenvalue weighted by atomic mass is 16.5. The van der Waals surface area contributed by atoms with Gasteiger partial charge in [-0.3, -0.25) is 9.69 Å². The Labute approximate surface area is 166 Å². The molecule has 0 radical (unpaired) electrons. The van der Waals surface area contributed by atoms with Crippen LogP contribution in [-0.4, -0.2) is 52.4 Å². The molecule has 3 heterocycles. The summed E-state index contributed by atoms with van der Waals surface area (Å²) in [4.78, 5) is 25.6. The van der Waals surface area contributed by atoms with Gasteiger partial charge in [-0.15, -0.1) is 0 Å². The van der Waals surface area contributed by atoms with E-state index in [1.54, 1.807) is 14.0 Å². The molecule has 1 aromatic heterocycles. The first-order valence-corrected chi connectivity index (χ1v) is 10.1. The Morgan fingerprint density at radius 2 is 2.21 bits per heavy atom. The molecule has 0 N–H and O–H groups in total. The summed E-state index contributed by atoms with van der Waals surface area (Å²) in [6.07, 6.45) is 5.03. The summed E-state index contributed by atoms with van der Waals surface area (Å²) in [5.41, 5.74) is 3.65. The molecule has 2 aromatic rings. The molecule has 1 aromatic carbocycles. The third kappa shape index (κ3) is 4.17. The van der Waals surface area contributed by atoms with Gasteiger partial charge in [0.1, 0.15) is 11.6 Å². The topological polar surface area (TPSA) is 58.6 Å². The Morgan fingerprint density at radius 1 is 1.32 bits per heavy atom. The Hall–Kier alpha value is -2.47. The molecule has 0 spiro atoms. The van der Waals surface area contributed by atoms with Gasteiger partial charge in [-0.05, 0) is 30.5 Å². The van der Waals surface area contributed by atoms with Crippen molar-refractivity contribution in [3.63, 3.8) is 0 Å². The quantitative estimate of drug-likeness (QED) is 0.816. The number of amides is 1. The van der Waals surface area contributed by atoms with E-state index in [9.17, 15) is 4.79 Å². The molecule has 1 fully saturated rings. The van der Waals surface area contributed by atoms with Crippen LogP contribution in [0, 0.1) is 0 Å². The molecule has 28 heavy (non-hydrogen) atoms. The van der Waals surface area contributed by atoms with E-state index in [4.69, 9.17) is 9.72 Å². The van der Waals surface area contributed by atoms with Crippen molar-refractivity contribution < 1.29 is 9.53 Å². The normalized spacial score (nSPS) is 19.9. The standard InChI is InChI=1S/C22H28N4O2/c1-16(27)26-9-4-6-18(15-26)22-23-12-19-14-25(10-8-21(19)24-22)13-17-5-3-7-20(11-17)28-2/h3,5,7,11-12,18H,4,6,8-10,13-15H2,1-2H3/t18-/m0/s1. The number of nitrogens with zero attached hydrogens (tertiary/aromatic N) is 4. The highest BCUT2D eigenvalue weighted by Crippen LogP contribution is 2.27. The number of benzene rings is 1. The summed E-state index contributed by atoms with van der Waals surface area (Å²) in [7, 11) is 1.70. The van der Waals surface area contributed by atoms with E-state index < -0.39 is 0 Å². The third-order valence-corrected chi connectivity index (χ3v) is 5.80. The number of carbonyl (C=O) groups is 1. The van der Waals surface area contributed by atoms with Crippen molar-refractivity contribution in [2.75, 3.05) is 26.7 Å². The van der Waals surface area contributed by atoms with Crippen LogP contribution in [0.25, 0.3) is 0 Å². The molecule has 148 valence electrons. The van der Waals surface area contributed by atoms with Crippen molar-refractivity contribution in [2.24, 2.45) is 0 Å². The zero-order valence-electron chi connectivity index (χ0n) is 16.7. The van der Waals surface area contributed by atoms with Gasteiger partial charge in [0.25, 0.3) is 0 Å². The number of rotatable bonds is 4. The maximum absolute atomic E-state index is 11.7. The van der Waals surface area contributed by atoms with E-state index in [1.807, 2.05) is 23.2 Å².